The van der Waals surface area contributed by atoms with Crippen molar-refractivity contribution in [3.05, 3.63) is 124 Å². The van der Waals surface area contributed by atoms with Gasteiger partial charge in [0.2, 0.25) is 5.82 Å². The molecule has 3 amide bonds. The van der Waals surface area contributed by atoms with Crippen molar-refractivity contribution in [1.82, 2.24) is 31.3 Å². The molecule has 0 radical (unpaired) electrons. The van der Waals surface area contributed by atoms with Crippen LogP contribution in [0.4, 0.5) is 5.69 Å². The van der Waals surface area contributed by atoms with Crippen LogP contribution in [0.1, 0.15) is 45.2 Å². The molecule has 240 valence electrons. The summed E-state index contributed by atoms with van der Waals surface area (Å²) in [6.07, 6.45) is -1.69. The van der Waals surface area contributed by atoms with Crippen LogP contribution in [0.5, 0.6) is 5.75 Å². The zero-order valence-corrected chi connectivity index (χ0v) is 25.3. The summed E-state index contributed by atoms with van der Waals surface area (Å²) in [5.41, 5.74) is 1.74. The van der Waals surface area contributed by atoms with Gasteiger partial charge in [0.1, 0.15) is 5.75 Å². The quantitative estimate of drug-likeness (QED) is 0.135. The maximum absolute atomic E-state index is 13.4. The van der Waals surface area contributed by atoms with Gasteiger partial charge in [0.05, 0.1) is 19.2 Å². The van der Waals surface area contributed by atoms with Crippen molar-refractivity contribution in [1.29, 1.82) is 0 Å². The van der Waals surface area contributed by atoms with Crippen LogP contribution in [-0.2, 0) is 11.2 Å². The number of hydrogen-bond acceptors (Lipinski definition) is 10. The first-order chi connectivity index (χ1) is 22.7. The van der Waals surface area contributed by atoms with Crippen LogP contribution >= 0.6 is 0 Å². The van der Waals surface area contributed by atoms with Gasteiger partial charge in [-0.2, -0.15) is 5.21 Å². The lowest BCUT2D eigenvalue weighted by Gasteiger charge is -2.24. The van der Waals surface area contributed by atoms with Crippen LogP contribution in [0, 0.1) is 0 Å². The number of carbonyl (C=O) groups is 3. The summed E-state index contributed by atoms with van der Waals surface area (Å²) in [4.78, 5) is 52.1. The van der Waals surface area contributed by atoms with Gasteiger partial charge < -0.3 is 30.2 Å². The molecule has 0 saturated carbocycles. The fourth-order valence-corrected chi connectivity index (χ4v) is 4.71. The normalized spacial score (nSPS) is 12.7. The van der Waals surface area contributed by atoms with Crippen LogP contribution < -0.4 is 26.1 Å². The molecule has 14 heteroatoms. The van der Waals surface area contributed by atoms with E-state index in [1.54, 1.807) is 92.9 Å². The number of amides is 3. The topological polar surface area (TPSA) is 201 Å². The number of aliphatic hydroxyl groups is 1. The van der Waals surface area contributed by atoms with E-state index in [1.165, 1.54) is 0 Å². The van der Waals surface area contributed by atoms with E-state index in [0.717, 1.165) is 17.7 Å². The Morgan fingerprint density at radius 2 is 1.62 bits per heavy atom. The largest absolute Gasteiger partial charge is 0.497 e. The average Bonchev–Trinajstić information content (AvgIpc) is 3.63. The van der Waals surface area contributed by atoms with Crippen LogP contribution in [0.3, 0.4) is 0 Å². The van der Waals surface area contributed by atoms with Crippen LogP contribution in [-0.4, -0.2) is 62.7 Å². The van der Waals surface area contributed by atoms with E-state index in [1.807, 2.05) is 0 Å². The summed E-state index contributed by atoms with van der Waals surface area (Å²) in [5.74, 6) is -2.34. The molecule has 0 aliphatic rings. The number of anilines is 1. The molecular weight excluding hydrogens is 606 g/mol. The van der Waals surface area contributed by atoms with Gasteiger partial charge in [-0.05, 0) is 54.0 Å². The van der Waals surface area contributed by atoms with Gasteiger partial charge in [0.15, 0.2) is 23.1 Å². The van der Waals surface area contributed by atoms with Crippen molar-refractivity contribution in [3.63, 3.8) is 0 Å². The Bertz CT molecular complexity index is 1900. The Kier molecular flexibility index (Phi) is 10.1. The maximum atomic E-state index is 13.4. The molecule has 0 bridgehead atoms. The van der Waals surface area contributed by atoms with Crippen LogP contribution in [0.2, 0.25) is 0 Å². The van der Waals surface area contributed by atoms with Gasteiger partial charge in [-0.15, -0.1) is 10.2 Å². The van der Waals surface area contributed by atoms with Gasteiger partial charge in [0.25, 0.3) is 17.7 Å². The third kappa shape index (κ3) is 8.32. The average molecular weight is 638 g/mol. The van der Waals surface area contributed by atoms with E-state index in [9.17, 15) is 24.3 Å². The van der Waals surface area contributed by atoms with E-state index in [0.29, 0.717) is 28.4 Å². The van der Waals surface area contributed by atoms with Crippen molar-refractivity contribution in [3.8, 4) is 17.1 Å². The predicted octanol–water partition coefficient (Wildman–Crippen LogP) is 2.66. The summed E-state index contributed by atoms with van der Waals surface area (Å²) in [6.45, 7) is 1.75. The Labute approximate surface area is 268 Å². The molecule has 47 heavy (non-hydrogen) atoms. The number of methoxy groups -OCH3 is 1. The summed E-state index contributed by atoms with van der Waals surface area (Å²) in [7, 11) is 1.55. The third-order valence-corrected chi connectivity index (χ3v) is 7.18. The molecule has 0 saturated heterocycles. The first-order valence-electron chi connectivity index (χ1n) is 14.5. The van der Waals surface area contributed by atoms with Crippen LogP contribution in [0.15, 0.2) is 100 Å². The van der Waals surface area contributed by atoms with Crippen molar-refractivity contribution in [2.75, 3.05) is 12.4 Å². The fourth-order valence-electron chi connectivity index (χ4n) is 4.71. The number of aromatic amines is 1. The van der Waals surface area contributed by atoms with Gasteiger partial charge >= 0.3 is 0 Å². The first kappa shape index (κ1) is 32.2. The molecular formula is C33H31N7O7. The highest BCUT2D eigenvalue weighted by molar-refractivity contribution is 5.97. The molecule has 5 rings (SSSR count). The molecule has 0 aliphatic heterocycles. The minimum Gasteiger partial charge on any atom is -0.497 e. The first-order valence-corrected chi connectivity index (χ1v) is 14.5. The number of rotatable bonds is 12. The number of aliphatic hydroxyl groups excluding tert-OH is 1. The van der Waals surface area contributed by atoms with E-state index in [-0.39, 0.29) is 12.2 Å². The molecule has 0 fully saturated rings. The second kappa shape index (κ2) is 14.8. The van der Waals surface area contributed by atoms with Crippen molar-refractivity contribution >= 4 is 23.4 Å². The van der Waals surface area contributed by atoms with Crippen molar-refractivity contribution in [2.24, 2.45) is 0 Å². The Balaban J connectivity index is 1.32. The summed E-state index contributed by atoms with van der Waals surface area (Å²) in [6, 6.07) is 22.8. The highest BCUT2D eigenvalue weighted by atomic mass is 16.5. The van der Waals surface area contributed by atoms with E-state index in [4.69, 9.17) is 9.15 Å². The minimum atomic E-state index is -1.74. The molecule has 0 spiro atoms. The predicted molar refractivity (Wildman–Crippen MR) is 170 cm³/mol. The molecule has 2 heterocycles. The number of hydrogen-bond donors (Lipinski definition) is 5. The summed E-state index contributed by atoms with van der Waals surface area (Å²) in [5, 5.41) is 32.8. The highest BCUT2D eigenvalue weighted by Gasteiger charge is 2.30. The third-order valence-electron chi connectivity index (χ3n) is 7.18. The maximum Gasteiger partial charge on any atom is 0.287 e. The molecule has 3 aromatic carbocycles. The number of ether oxygens (including phenoxy) is 1. The lowest BCUT2D eigenvalue weighted by molar-refractivity contribution is -0.125. The molecule has 14 nitrogen and oxygen atoms in total. The summed E-state index contributed by atoms with van der Waals surface area (Å²) < 4.78 is 10.7. The second-order valence-corrected chi connectivity index (χ2v) is 10.5. The Hall–Kier alpha value is -6.15. The zero-order valence-electron chi connectivity index (χ0n) is 25.3. The lowest BCUT2D eigenvalue weighted by Crippen LogP contribution is -2.50. The van der Waals surface area contributed by atoms with Gasteiger partial charge in [-0.1, -0.05) is 54.6 Å². The number of aromatic nitrogens is 4. The minimum absolute atomic E-state index is 0.0495. The van der Waals surface area contributed by atoms with Gasteiger partial charge in [-0.25, -0.2) is 0 Å². The number of H-pyrrole nitrogens is 1. The van der Waals surface area contributed by atoms with Crippen molar-refractivity contribution < 1.29 is 28.6 Å². The molecule has 2 aromatic heterocycles. The Morgan fingerprint density at radius 3 is 2.28 bits per heavy atom. The number of benzene rings is 3. The monoisotopic (exact) mass is 637 g/mol. The smallest absolute Gasteiger partial charge is 0.287 e. The highest BCUT2D eigenvalue weighted by Crippen LogP contribution is 2.20. The molecule has 0 unspecified atom stereocenters. The summed E-state index contributed by atoms with van der Waals surface area (Å²) >= 11 is 0. The number of nitrogens with zero attached hydrogens (tertiary/aromatic N) is 3. The van der Waals surface area contributed by atoms with Gasteiger partial charge in [0, 0.05) is 23.4 Å². The molecule has 5 aromatic rings. The molecule has 0 aliphatic carbocycles. The van der Waals surface area contributed by atoms with Crippen LogP contribution in [0.25, 0.3) is 11.4 Å². The molecule has 3 atom stereocenters. The van der Waals surface area contributed by atoms with Gasteiger partial charge in [-0.3, -0.25) is 19.2 Å². The molecule has 5 N–H and O–H groups in total. The number of tetrazole rings is 1. The van der Waals surface area contributed by atoms with E-state index >= 15 is 0 Å². The second-order valence-electron chi connectivity index (χ2n) is 10.5. The SMILES string of the molecule is COc1ccc([C@@H](C)NC(=O)c2cc(=O)cc(C(=O)N[C@@H](Cc3ccccc3)[C@H](O)C(=O)Nc3cccc(-c4nn[nH]n4)c3)o2)cc1. The van der Waals surface area contributed by atoms with E-state index < -0.39 is 47.1 Å². The van der Waals surface area contributed by atoms with E-state index in [2.05, 4.69) is 36.6 Å². The Morgan fingerprint density at radius 1 is 0.915 bits per heavy atom. The van der Waals surface area contributed by atoms with Crippen molar-refractivity contribution in [2.45, 2.75) is 31.5 Å². The number of nitrogens with one attached hydrogen (secondary N) is 4. The lowest BCUT2D eigenvalue weighted by atomic mass is 10.00. The standard InChI is InChI=1S/C33H31N7O7/c1-19(21-11-13-25(46-2)14-12-21)34-31(43)27-17-24(41)18-28(47-27)32(44)36-26(15-20-7-4-3-5-8-20)29(42)33(45)35-23-10-6-9-22(16-23)30-37-39-40-38-30/h3-14,16-19,26,29,42H,15H2,1-2H3,(H,34,43)(H,35,45)(H,36,44)(H,37,38,39,40)/t19-,26+,29+/m1/s1. The number of carbonyl (C=O) groups excluding carboxylic acids is 3. The fraction of sp³-hybridized carbons (Fsp3) is 0.182. The zero-order chi connectivity index (χ0) is 33.3.